The molecule has 0 bridgehead atoms. The zero-order valence-electron chi connectivity index (χ0n) is 15.4. The molecule has 1 atom stereocenters. The highest BCUT2D eigenvalue weighted by atomic mass is 16.2. The highest BCUT2D eigenvalue weighted by molar-refractivity contribution is 5.93. The molecule has 1 unspecified atom stereocenters. The second-order valence-electron chi connectivity index (χ2n) is 6.66. The predicted octanol–water partition coefficient (Wildman–Crippen LogP) is 1.76. The van der Waals surface area contributed by atoms with E-state index in [9.17, 15) is 4.79 Å². The van der Waals surface area contributed by atoms with Crippen LogP contribution in [0.25, 0.3) is 11.3 Å². The monoisotopic (exact) mass is 373 g/mol. The summed E-state index contributed by atoms with van der Waals surface area (Å²) in [5, 5.41) is 15.9. The summed E-state index contributed by atoms with van der Waals surface area (Å²) in [5.41, 5.74) is 2.51. The number of nitrogens with zero attached hydrogens (tertiary/aromatic N) is 6. The van der Waals surface area contributed by atoms with Gasteiger partial charge in [0.15, 0.2) is 5.69 Å². The van der Waals surface area contributed by atoms with E-state index in [4.69, 9.17) is 5.26 Å². The molecule has 0 aliphatic carbocycles. The zero-order chi connectivity index (χ0) is 19.5. The maximum absolute atomic E-state index is 12.5. The number of aryl methyl sites for hydroxylation is 1. The number of aromatic nitrogens is 4. The van der Waals surface area contributed by atoms with Gasteiger partial charge in [-0.15, -0.1) is 0 Å². The number of amides is 1. The van der Waals surface area contributed by atoms with Gasteiger partial charge in [-0.3, -0.25) is 9.48 Å². The molecule has 1 saturated heterocycles. The summed E-state index contributed by atoms with van der Waals surface area (Å²) in [6, 6.07) is 15.3. The number of hydrogen-bond donors (Lipinski definition) is 1. The third-order valence-electron chi connectivity index (χ3n) is 4.75. The van der Waals surface area contributed by atoms with Crippen molar-refractivity contribution in [3.63, 3.8) is 0 Å². The fraction of sp³-hybridized carbons (Fsp3) is 0.250. The fourth-order valence-corrected chi connectivity index (χ4v) is 3.32. The summed E-state index contributed by atoms with van der Waals surface area (Å²) in [4.78, 5) is 23.6. The van der Waals surface area contributed by atoms with E-state index in [1.807, 2.05) is 42.5 Å². The molecule has 1 N–H and O–H groups in total. The van der Waals surface area contributed by atoms with Crippen molar-refractivity contribution in [2.75, 3.05) is 18.0 Å². The lowest BCUT2D eigenvalue weighted by atomic mass is 10.1. The van der Waals surface area contributed by atoms with Gasteiger partial charge in [0.25, 0.3) is 5.91 Å². The van der Waals surface area contributed by atoms with Crippen LogP contribution in [0.5, 0.6) is 0 Å². The van der Waals surface area contributed by atoms with Crippen LogP contribution in [-0.4, -0.2) is 44.8 Å². The van der Waals surface area contributed by atoms with E-state index in [0.29, 0.717) is 18.2 Å². The van der Waals surface area contributed by atoms with Gasteiger partial charge in [-0.1, -0.05) is 30.3 Å². The van der Waals surface area contributed by atoms with Crippen LogP contribution in [0.15, 0.2) is 48.7 Å². The number of anilines is 1. The van der Waals surface area contributed by atoms with E-state index in [1.54, 1.807) is 13.2 Å². The minimum atomic E-state index is -0.234. The molecule has 3 heterocycles. The first-order chi connectivity index (χ1) is 13.6. The highest BCUT2D eigenvalue weighted by Crippen LogP contribution is 2.21. The first kappa shape index (κ1) is 17.7. The number of nitrogens with one attached hydrogen (secondary N) is 1. The molecule has 28 heavy (non-hydrogen) atoms. The average Bonchev–Trinajstić information content (AvgIpc) is 3.35. The minimum absolute atomic E-state index is 0.0167. The Morgan fingerprint density at radius 2 is 2.11 bits per heavy atom. The van der Waals surface area contributed by atoms with Crippen LogP contribution >= 0.6 is 0 Å². The van der Waals surface area contributed by atoms with E-state index in [1.165, 1.54) is 10.7 Å². The van der Waals surface area contributed by atoms with Crippen molar-refractivity contribution >= 4 is 11.9 Å². The van der Waals surface area contributed by atoms with Crippen molar-refractivity contribution in [1.82, 2.24) is 25.1 Å². The molecule has 8 heteroatoms. The van der Waals surface area contributed by atoms with E-state index < -0.39 is 0 Å². The Hall–Kier alpha value is -3.73. The number of carbonyl (C=O) groups excluding carboxylic acids is 1. The molecule has 3 aromatic rings. The standard InChI is InChI=1S/C20H19N7O/c1-26-18(11-16(12-21)25-26)19(28)23-15-8-10-27(13-15)20-22-9-7-17(24-20)14-5-3-2-4-6-14/h2-7,9,11,15H,8,10,13H2,1H3,(H,23,28). The fourth-order valence-electron chi connectivity index (χ4n) is 3.32. The molecule has 1 aliphatic rings. The topological polar surface area (TPSA) is 99.7 Å². The quantitative estimate of drug-likeness (QED) is 0.748. The lowest BCUT2D eigenvalue weighted by Crippen LogP contribution is -2.38. The molecule has 0 spiro atoms. The SMILES string of the molecule is Cn1nc(C#N)cc1C(=O)NC1CCN(c2nccc(-c3ccccc3)n2)C1. The summed E-state index contributed by atoms with van der Waals surface area (Å²) in [7, 11) is 1.65. The maximum Gasteiger partial charge on any atom is 0.269 e. The van der Waals surface area contributed by atoms with E-state index in [0.717, 1.165) is 24.2 Å². The van der Waals surface area contributed by atoms with Crippen molar-refractivity contribution in [2.24, 2.45) is 7.05 Å². The summed E-state index contributed by atoms with van der Waals surface area (Å²) < 4.78 is 1.42. The van der Waals surface area contributed by atoms with Gasteiger partial charge in [-0.05, 0) is 12.5 Å². The van der Waals surface area contributed by atoms with Crippen LogP contribution in [0.4, 0.5) is 5.95 Å². The Morgan fingerprint density at radius 3 is 2.86 bits per heavy atom. The first-order valence-corrected chi connectivity index (χ1v) is 9.02. The van der Waals surface area contributed by atoms with Crippen LogP contribution in [0.3, 0.4) is 0 Å². The van der Waals surface area contributed by atoms with Crippen LogP contribution in [0.1, 0.15) is 22.6 Å². The smallest absolute Gasteiger partial charge is 0.269 e. The largest absolute Gasteiger partial charge is 0.346 e. The third kappa shape index (κ3) is 3.55. The first-order valence-electron chi connectivity index (χ1n) is 9.02. The Balaban J connectivity index is 1.44. The molecular formula is C20H19N7O. The number of benzene rings is 1. The lowest BCUT2D eigenvalue weighted by molar-refractivity contribution is 0.0931. The van der Waals surface area contributed by atoms with Crippen molar-refractivity contribution in [2.45, 2.75) is 12.5 Å². The van der Waals surface area contributed by atoms with E-state index in [-0.39, 0.29) is 17.6 Å². The van der Waals surface area contributed by atoms with Crippen molar-refractivity contribution in [3.05, 3.63) is 60.0 Å². The van der Waals surface area contributed by atoms with E-state index in [2.05, 4.69) is 25.3 Å². The second kappa shape index (κ2) is 7.48. The van der Waals surface area contributed by atoms with E-state index >= 15 is 0 Å². The van der Waals surface area contributed by atoms with Crippen LogP contribution in [-0.2, 0) is 7.05 Å². The van der Waals surface area contributed by atoms with Gasteiger partial charge in [-0.2, -0.15) is 10.4 Å². The normalized spacial score (nSPS) is 16.0. The summed E-state index contributed by atoms with van der Waals surface area (Å²) in [6.07, 6.45) is 2.56. The Morgan fingerprint density at radius 1 is 1.29 bits per heavy atom. The van der Waals surface area contributed by atoms with Gasteiger partial charge in [0.2, 0.25) is 5.95 Å². The number of nitriles is 1. The number of carbonyl (C=O) groups is 1. The molecule has 4 rings (SSSR count). The van der Waals surface area contributed by atoms with Gasteiger partial charge >= 0.3 is 0 Å². The highest BCUT2D eigenvalue weighted by Gasteiger charge is 2.27. The Kier molecular flexibility index (Phi) is 4.72. The van der Waals surface area contributed by atoms with Gasteiger partial charge in [0.05, 0.1) is 5.69 Å². The van der Waals surface area contributed by atoms with Gasteiger partial charge in [0, 0.05) is 44.0 Å². The average molecular weight is 373 g/mol. The maximum atomic E-state index is 12.5. The summed E-state index contributed by atoms with van der Waals surface area (Å²) in [6.45, 7) is 1.39. The molecule has 1 fully saturated rings. The number of rotatable bonds is 4. The Bertz CT molecular complexity index is 1040. The second-order valence-corrected chi connectivity index (χ2v) is 6.66. The molecule has 1 amide bonds. The molecule has 1 aliphatic heterocycles. The van der Waals surface area contributed by atoms with Gasteiger partial charge in [0.1, 0.15) is 11.8 Å². The number of hydrogen-bond acceptors (Lipinski definition) is 6. The third-order valence-corrected chi connectivity index (χ3v) is 4.75. The van der Waals surface area contributed by atoms with Crippen molar-refractivity contribution in [3.8, 4) is 17.3 Å². The van der Waals surface area contributed by atoms with Crippen LogP contribution in [0, 0.1) is 11.3 Å². The van der Waals surface area contributed by atoms with Crippen LogP contribution in [0.2, 0.25) is 0 Å². The molecular weight excluding hydrogens is 354 g/mol. The van der Waals surface area contributed by atoms with Crippen LogP contribution < -0.4 is 10.2 Å². The molecule has 140 valence electrons. The lowest BCUT2D eigenvalue weighted by Gasteiger charge is -2.17. The van der Waals surface area contributed by atoms with Gasteiger partial charge < -0.3 is 10.2 Å². The zero-order valence-corrected chi connectivity index (χ0v) is 15.4. The summed E-state index contributed by atoms with van der Waals surface area (Å²) in [5.74, 6) is 0.424. The van der Waals surface area contributed by atoms with Crippen molar-refractivity contribution in [1.29, 1.82) is 5.26 Å². The molecule has 0 saturated carbocycles. The van der Waals surface area contributed by atoms with Gasteiger partial charge in [-0.25, -0.2) is 9.97 Å². The molecule has 0 radical (unpaired) electrons. The van der Waals surface area contributed by atoms with Crippen molar-refractivity contribution < 1.29 is 4.79 Å². The molecule has 1 aromatic carbocycles. The molecule has 8 nitrogen and oxygen atoms in total. The predicted molar refractivity (Wildman–Crippen MR) is 103 cm³/mol. The summed E-state index contributed by atoms with van der Waals surface area (Å²) >= 11 is 0. The Labute approximate surface area is 162 Å². The molecule has 2 aromatic heterocycles. The minimum Gasteiger partial charge on any atom is -0.346 e.